The van der Waals surface area contributed by atoms with E-state index in [1.807, 2.05) is 11.3 Å². The Morgan fingerprint density at radius 1 is 0.356 bits per heavy atom. The van der Waals surface area contributed by atoms with Crippen molar-refractivity contribution in [1.82, 2.24) is 0 Å². The van der Waals surface area contributed by atoms with Crippen LogP contribution in [0.2, 0.25) is 0 Å². The zero-order valence-electron chi connectivity index (χ0n) is 32.0. The van der Waals surface area contributed by atoms with Gasteiger partial charge in [0.2, 0.25) is 0 Å². The summed E-state index contributed by atoms with van der Waals surface area (Å²) in [5.41, 5.74) is 12.2. The molecule has 59 heavy (non-hydrogen) atoms. The fraction of sp³-hybridized carbons (Fsp3) is 0. The van der Waals surface area contributed by atoms with Gasteiger partial charge in [0.1, 0.15) is 11.2 Å². The standard InChI is InChI=1S/C56H35NOS/c1-3-14-43-38(11-1)13-9-18-44(43)40-25-23-36(24-26-40)37-27-31-42(32-28-37)57(51-20-10-21-52-55(51)49-34-29-39-12-2-4-16-46(39)56(49)58-52)50-19-7-5-15-45(50)41-30-33-48-47-17-6-8-22-53(47)59-54(48)35-41/h1-35H. The van der Waals surface area contributed by atoms with Crippen LogP contribution in [0.3, 0.4) is 0 Å². The molecule has 2 nitrogen and oxygen atoms in total. The average molecular weight is 770 g/mol. The van der Waals surface area contributed by atoms with Crippen molar-refractivity contribution in [2.75, 3.05) is 4.90 Å². The molecular weight excluding hydrogens is 735 g/mol. The largest absolute Gasteiger partial charge is 0.455 e. The summed E-state index contributed by atoms with van der Waals surface area (Å²) < 4.78 is 9.33. The van der Waals surface area contributed by atoms with E-state index in [4.69, 9.17) is 4.42 Å². The molecule has 0 saturated heterocycles. The van der Waals surface area contributed by atoms with Crippen LogP contribution in [0, 0.1) is 0 Å². The first-order valence-electron chi connectivity index (χ1n) is 20.1. The third kappa shape index (κ3) is 5.55. The van der Waals surface area contributed by atoms with E-state index < -0.39 is 0 Å². The van der Waals surface area contributed by atoms with Gasteiger partial charge in [0.25, 0.3) is 0 Å². The van der Waals surface area contributed by atoms with E-state index in [0.717, 1.165) is 50.0 Å². The minimum atomic E-state index is 0.867. The molecule has 0 amide bonds. The molecule has 0 bridgehead atoms. The highest BCUT2D eigenvalue weighted by molar-refractivity contribution is 7.25. The predicted octanol–water partition coefficient (Wildman–Crippen LogP) is 16.7. The van der Waals surface area contributed by atoms with Gasteiger partial charge in [-0.2, -0.15) is 0 Å². The van der Waals surface area contributed by atoms with Gasteiger partial charge in [0, 0.05) is 42.2 Å². The maximum atomic E-state index is 6.74. The summed E-state index contributed by atoms with van der Waals surface area (Å²) in [6.07, 6.45) is 0. The minimum absolute atomic E-state index is 0.867. The Labute approximate surface area is 345 Å². The predicted molar refractivity (Wildman–Crippen MR) is 253 cm³/mol. The molecule has 0 saturated carbocycles. The van der Waals surface area contributed by atoms with Gasteiger partial charge in [-0.15, -0.1) is 11.3 Å². The molecule has 2 aromatic heterocycles. The molecule has 0 atom stereocenters. The quantitative estimate of drug-likeness (QED) is 0.167. The molecule has 12 aromatic rings. The molecule has 0 spiro atoms. The van der Waals surface area contributed by atoms with Gasteiger partial charge in [-0.25, -0.2) is 0 Å². The molecular formula is C56H35NOS. The van der Waals surface area contributed by atoms with E-state index in [2.05, 4.69) is 217 Å². The van der Waals surface area contributed by atoms with E-state index in [0.29, 0.717) is 0 Å². The normalized spacial score (nSPS) is 11.7. The van der Waals surface area contributed by atoms with Gasteiger partial charge in [-0.1, -0.05) is 164 Å². The van der Waals surface area contributed by atoms with Crippen molar-refractivity contribution in [2.45, 2.75) is 0 Å². The second-order valence-electron chi connectivity index (χ2n) is 15.2. The summed E-state index contributed by atoms with van der Waals surface area (Å²) in [5.74, 6) is 0. The molecule has 276 valence electrons. The van der Waals surface area contributed by atoms with Crippen molar-refractivity contribution in [3.8, 4) is 33.4 Å². The van der Waals surface area contributed by atoms with Crippen molar-refractivity contribution in [1.29, 1.82) is 0 Å². The van der Waals surface area contributed by atoms with Crippen LogP contribution < -0.4 is 4.90 Å². The first-order valence-corrected chi connectivity index (χ1v) is 20.9. The number of thiophene rings is 1. The minimum Gasteiger partial charge on any atom is -0.455 e. The summed E-state index contributed by atoms with van der Waals surface area (Å²) in [6, 6.07) is 76.9. The van der Waals surface area contributed by atoms with Crippen LogP contribution in [0.1, 0.15) is 0 Å². The van der Waals surface area contributed by atoms with E-state index in [1.54, 1.807) is 0 Å². The molecule has 10 aromatic carbocycles. The Balaban J connectivity index is 1.02. The van der Waals surface area contributed by atoms with Crippen LogP contribution in [0.25, 0.3) is 97.0 Å². The third-order valence-electron chi connectivity index (χ3n) is 11.9. The Kier molecular flexibility index (Phi) is 7.75. The van der Waals surface area contributed by atoms with Crippen LogP contribution >= 0.6 is 11.3 Å². The van der Waals surface area contributed by atoms with E-state index in [9.17, 15) is 0 Å². The van der Waals surface area contributed by atoms with Gasteiger partial charge in [-0.05, 0) is 92.5 Å². The number of fused-ring (bicyclic) bond motifs is 9. The van der Waals surface area contributed by atoms with E-state index in [-0.39, 0.29) is 0 Å². The SMILES string of the molecule is c1ccc(N(c2ccc(-c3ccc(-c4cccc5ccccc45)cc3)cc2)c2cccc3oc4c5ccccc5ccc4c23)c(-c2ccc3c(c2)sc2ccccc23)c1. The van der Waals surface area contributed by atoms with Gasteiger partial charge in [0.15, 0.2) is 0 Å². The Morgan fingerprint density at radius 3 is 1.78 bits per heavy atom. The molecule has 0 unspecified atom stereocenters. The molecule has 0 aliphatic rings. The summed E-state index contributed by atoms with van der Waals surface area (Å²) in [4.78, 5) is 2.42. The maximum Gasteiger partial charge on any atom is 0.143 e. The van der Waals surface area contributed by atoms with Gasteiger partial charge >= 0.3 is 0 Å². The molecule has 0 radical (unpaired) electrons. The second kappa shape index (κ2) is 13.6. The zero-order valence-corrected chi connectivity index (χ0v) is 32.8. The first-order chi connectivity index (χ1) is 29.2. The lowest BCUT2D eigenvalue weighted by molar-refractivity contribution is 0.672. The molecule has 0 N–H and O–H groups in total. The zero-order chi connectivity index (χ0) is 38.9. The number of anilines is 3. The van der Waals surface area contributed by atoms with Crippen LogP contribution in [-0.2, 0) is 0 Å². The van der Waals surface area contributed by atoms with Gasteiger partial charge in [0.05, 0.1) is 16.8 Å². The number of hydrogen-bond donors (Lipinski definition) is 0. The lowest BCUT2D eigenvalue weighted by atomic mass is 9.96. The van der Waals surface area contributed by atoms with Crippen molar-refractivity contribution in [3.63, 3.8) is 0 Å². The van der Waals surface area contributed by atoms with Crippen molar-refractivity contribution in [3.05, 3.63) is 212 Å². The van der Waals surface area contributed by atoms with Gasteiger partial charge < -0.3 is 9.32 Å². The fourth-order valence-corrected chi connectivity index (χ4v) is 10.2. The smallest absolute Gasteiger partial charge is 0.143 e. The lowest BCUT2D eigenvalue weighted by Gasteiger charge is -2.28. The molecule has 12 rings (SSSR count). The summed E-state index contributed by atoms with van der Waals surface area (Å²) in [5, 5.41) is 9.61. The first kappa shape index (κ1) is 33.7. The Morgan fingerprint density at radius 2 is 0.932 bits per heavy atom. The topological polar surface area (TPSA) is 16.4 Å². The van der Waals surface area contributed by atoms with Crippen LogP contribution in [0.15, 0.2) is 217 Å². The monoisotopic (exact) mass is 769 g/mol. The molecule has 3 heteroatoms. The number of para-hydroxylation sites is 1. The van der Waals surface area contributed by atoms with Crippen LogP contribution in [-0.4, -0.2) is 0 Å². The molecule has 2 heterocycles. The van der Waals surface area contributed by atoms with Crippen LogP contribution in [0.4, 0.5) is 17.1 Å². The lowest BCUT2D eigenvalue weighted by Crippen LogP contribution is -2.11. The maximum absolute atomic E-state index is 6.74. The van der Waals surface area contributed by atoms with E-state index >= 15 is 0 Å². The number of benzene rings is 10. The highest BCUT2D eigenvalue weighted by atomic mass is 32.1. The Hall–Kier alpha value is -7.46. The molecule has 0 aliphatic heterocycles. The van der Waals surface area contributed by atoms with Gasteiger partial charge in [-0.3, -0.25) is 0 Å². The number of rotatable bonds is 6. The highest BCUT2D eigenvalue weighted by Gasteiger charge is 2.23. The summed E-state index contributed by atoms with van der Waals surface area (Å²) in [7, 11) is 0. The van der Waals surface area contributed by atoms with Crippen LogP contribution in [0.5, 0.6) is 0 Å². The highest BCUT2D eigenvalue weighted by Crippen LogP contribution is 2.48. The number of nitrogens with zero attached hydrogens (tertiary/aromatic N) is 1. The van der Waals surface area contributed by atoms with E-state index in [1.165, 1.54) is 64.1 Å². The second-order valence-corrected chi connectivity index (χ2v) is 16.3. The number of hydrogen-bond acceptors (Lipinski definition) is 3. The van der Waals surface area contributed by atoms with Crippen molar-refractivity contribution < 1.29 is 4.42 Å². The molecule has 0 fully saturated rings. The average Bonchev–Trinajstić information content (AvgIpc) is 3.88. The molecule has 0 aliphatic carbocycles. The summed E-state index contributed by atoms with van der Waals surface area (Å²) in [6.45, 7) is 0. The fourth-order valence-electron chi connectivity index (χ4n) is 9.06. The van der Waals surface area contributed by atoms with Crippen molar-refractivity contribution in [2.24, 2.45) is 0 Å². The number of furan rings is 1. The van der Waals surface area contributed by atoms with Crippen molar-refractivity contribution >= 4 is 92.1 Å². The third-order valence-corrected chi connectivity index (χ3v) is 13.0. The summed E-state index contributed by atoms with van der Waals surface area (Å²) >= 11 is 1.86. The Bertz CT molecular complexity index is 3550.